The Balaban J connectivity index is 1.71. The van der Waals surface area contributed by atoms with E-state index in [1.165, 1.54) is 4.88 Å². The second kappa shape index (κ2) is 8.05. The van der Waals surface area contributed by atoms with Crippen LogP contribution in [0.25, 0.3) is 0 Å². The number of amides is 1. The quantitative estimate of drug-likeness (QED) is 0.642. The van der Waals surface area contributed by atoms with E-state index in [0.29, 0.717) is 17.4 Å². The van der Waals surface area contributed by atoms with E-state index in [0.717, 1.165) is 22.7 Å². The number of rotatable bonds is 6. The molecule has 0 bridgehead atoms. The zero-order valence-corrected chi connectivity index (χ0v) is 17.4. The Morgan fingerprint density at radius 1 is 1.25 bits per heavy atom. The van der Waals surface area contributed by atoms with Gasteiger partial charge in [0.2, 0.25) is 5.91 Å². The molecule has 2 N–H and O–H groups in total. The maximum Gasteiger partial charge on any atom is 0.304 e. The maximum atomic E-state index is 12.7. The van der Waals surface area contributed by atoms with Crippen LogP contribution in [0.15, 0.2) is 36.4 Å². The third-order valence-electron chi connectivity index (χ3n) is 5.79. The molecule has 1 aliphatic carbocycles. The number of carbonyl (C=O) groups is 2. The van der Waals surface area contributed by atoms with Gasteiger partial charge < -0.3 is 10.4 Å². The molecule has 1 aromatic heterocycles. The van der Waals surface area contributed by atoms with E-state index >= 15 is 0 Å². The summed E-state index contributed by atoms with van der Waals surface area (Å²) in [6.45, 7) is 0. The zero-order chi connectivity index (χ0) is 19.8. The van der Waals surface area contributed by atoms with Gasteiger partial charge in [-0.15, -0.1) is 11.3 Å². The number of hydrogen-bond acceptors (Lipinski definition) is 3. The van der Waals surface area contributed by atoms with Crippen LogP contribution in [0.4, 0.5) is 0 Å². The first kappa shape index (κ1) is 19.7. The first-order valence-electron chi connectivity index (χ1n) is 9.45. The highest BCUT2D eigenvalue weighted by Crippen LogP contribution is 2.51. The number of carboxylic acid groups (broad SMARTS) is 1. The summed E-state index contributed by atoms with van der Waals surface area (Å²) in [4.78, 5) is 25.2. The summed E-state index contributed by atoms with van der Waals surface area (Å²) < 4.78 is 0.742. The fourth-order valence-electron chi connectivity index (χ4n) is 4.42. The average molecular weight is 438 g/mol. The summed E-state index contributed by atoms with van der Waals surface area (Å²) in [7, 11) is 0. The Labute approximate surface area is 177 Å². The largest absolute Gasteiger partial charge is 0.481 e. The molecule has 1 aliphatic heterocycles. The van der Waals surface area contributed by atoms with Crippen LogP contribution in [0.1, 0.15) is 48.0 Å². The van der Waals surface area contributed by atoms with Crippen molar-refractivity contribution in [1.29, 1.82) is 0 Å². The first-order valence-corrected chi connectivity index (χ1v) is 11.0. The lowest BCUT2D eigenvalue weighted by Crippen LogP contribution is -2.52. The number of aliphatic carboxylic acids is 1. The van der Waals surface area contributed by atoms with Crippen molar-refractivity contribution in [3.05, 3.63) is 56.2 Å². The molecule has 4 atom stereocenters. The summed E-state index contributed by atoms with van der Waals surface area (Å²) in [5.41, 5.74) is 1.04. The van der Waals surface area contributed by atoms with Gasteiger partial charge in [0.25, 0.3) is 0 Å². The lowest BCUT2D eigenvalue weighted by molar-refractivity contribution is -0.142. The standard InChI is InChI=1S/C21H21Cl2NO3S/c22-14-3-1-2-12(8-14)15-9-13(10-18(25)26)21(27)24-20(15)19(11-4-5-11)16-6-7-17(23)28-16/h1-3,6-8,11,13,15,19-20H,4-5,9-10H2,(H,24,27)(H,25,26). The van der Waals surface area contributed by atoms with Crippen LogP contribution in [0, 0.1) is 11.8 Å². The minimum Gasteiger partial charge on any atom is -0.481 e. The van der Waals surface area contributed by atoms with Gasteiger partial charge in [-0.2, -0.15) is 0 Å². The van der Waals surface area contributed by atoms with Gasteiger partial charge in [0.05, 0.1) is 10.8 Å². The highest BCUT2D eigenvalue weighted by atomic mass is 35.5. The number of benzene rings is 1. The fraction of sp³-hybridized carbons (Fsp3) is 0.429. The topological polar surface area (TPSA) is 66.4 Å². The van der Waals surface area contributed by atoms with Gasteiger partial charge in [-0.1, -0.05) is 35.3 Å². The van der Waals surface area contributed by atoms with Crippen molar-refractivity contribution in [2.75, 3.05) is 0 Å². The molecule has 2 heterocycles. The van der Waals surface area contributed by atoms with E-state index < -0.39 is 11.9 Å². The molecule has 7 heteroatoms. The van der Waals surface area contributed by atoms with Crippen molar-refractivity contribution >= 4 is 46.4 Å². The highest BCUT2D eigenvalue weighted by molar-refractivity contribution is 7.16. The Bertz CT molecular complexity index is 895. The highest BCUT2D eigenvalue weighted by Gasteiger charge is 2.46. The molecule has 4 nitrogen and oxygen atoms in total. The van der Waals surface area contributed by atoms with Crippen molar-refractivity contribution in [2.45, 2.75) is 43.6 Å². The van der Waals surface area contributed by atoms with Crippen molar-refractivity contribution in [2.24, 2.45) is 11.8 Å². The predicted molar refractivity (Wildman–Crippen MR) is 111 cm³/mol. The molecule has 1 aromatic carbocycles. The third kappa shape index (κ3) is 4.22. The lowest BCUT2D eigenvalue weighted by atomic mass is 9.72. The molecule has 148 valence electrons. The molecule has 4 unspecified atom stereocenters. The predicted octanol–water partition coefficient (Wildman–Crippen LogP) is 5.31. The molecule has 1 saturated heterocycles. The van der Waals surface area contributed by atoms with E-state index in [-0.39, 0.29) is 30.2 Å². The Hall–Kier alpha value is -1.56. The van der Waals surface area contributed by atoms with Crippen LogP contribution in [0.3, 0.4) is 0 Å². The maximum absolute atomic E-state index is 12.7. The van der Waals surface area contributed by atoms with Crippen molar-refractivity contribution in [3.63, 3.8) is 0 Å². The van der Waals surface area contributed by atoms with Crippen LogP contribution in [-0.4, -0.2) is 23.0 Å². The van der Waals surface area contributed by atoms with Gasteiger partial charge in [-0.3, -0.25) is 9.59 Å². The smallest absolute Gasteiger partial charge is 0.304 e. The van der Waals surface area contributed by atoms with Crippen molar-refractivity contribution in [1.82, 2.24) is 5.32 Å². The van der Waals surface area contributed by atoms with Gasteiger partial charge in [-0.05, 0) is 55.0 Å². The van der Waals surface area contributed by atoms with Crippen LogP contribution >= 0.6 is 34.5 Å². The molecule has 2 aromatic rings. The van der Waals surface area contributed by atoms with Crippen LogP contribution < -0.4 is 5.32 Å². The molecule has 2 fully saturated rings. The molecule has 28 heavy (non-hydrogen) atoms. The van der Waals surface area contributed by atoms with E-state index in [9.17, 15) is 14.7 Å². The molecular formula is C21H21Cl2NO3S. The van der Waals surface area contributed by atoms with Crippen molar-refractivity contribution in [3.8, 4) is 0 Å². The van der Waals surface area contributed by atoms with Crippen LogP contribution in [0.5, 0.6) is 0 Å². The van der Waals surface area contributed by atoms with Crippen LogP contribution in [-0.2, 0) is 9.59 Å². The van der Waals surface area contributed by atoms with Gasteiger partial charge in [0.15, 0.2) is 0 Å². The molecular weight excluding hydrogens is 417 g/mol. The van der Waals surface area contributed by atoms with E-state index in [2.05, 4.69) is 11.4 Å². The number of piperidine rings is 1. The van der Waals surface area contributed by atoms with Gasteiger partial charge in [-0.25, -0.2) is 0 Å². The minimum absolute atomic E-state index is 0.00669. The second-order valence-electron chi connectivity index (χ2n) is 7.73. The summed E-state index contributed by atoms with van der Waals surface area (Å²) in [6.07, 6.45) is 2.61. The average Bonchev–Trinajstić information content (AvgIpc) is 3.38. The van der Waals surface area contributed by atoms with E-state index in [4.69, 9.17) is 23.2 Å². The number of nitrogens with one attached hydrogen (secondary N) is 1. The van der Waals surface area contributed by atoms with E-state index in [1.54, 1.807) is 11.3 Å². The summed E-state index contributed by atoms with van der Waals surface area (Å²) in [6, 6.07) is 11.5. The third-order valence-corrected chi connectivity index (χ3v) is 7.36. The first-order chi connectivity index (χ1) is 13.4. The fourth-order valence-corrected chi connectivity index (χ4v) is 5.92. The normalized spacial score (nSPS) is 25.9. The number of carboxylic acids is 1. The lowest BCUT2D eigenvalue weighted by Gasteiger charge is -2.41. The van der Waals surface area contributed by atoms with Crippen molar-refractivity contribution < 1.29 is 14.7 Å². The molecule has 1 saturated carbocycles. The Kier molecular flexibility index (Phi) is 5.68. The molecule has 0 spiro atoms. The van der Waals surface area contributed by atoms with Gasteiger partial charge in [0.1, 0.15) is 0 Å². The number of hydrogen-bond donors (Lipinski definition) is 2. The number of thiophene rings is 1. The SMILES string of the molecule is O=C(O)CC1CC(c2cccc(Cl)c2)C(C(c2ccc(Cl)s2)C2CC2)NC1=O. The molecule has 2 aliphatic rings. The second-order valence-corrected chi connectivity index (χ2v) is 9.91. The molecule has 0 radical (unpaired) electrons. The minimum atomic E-state index is -0.952. The Morgan fingerprint density at radius 3 is 2.64 bits per heavy atom. The molecule has 1 amide bonds. The Morgan fingerprint density at radius 2 is 2.04 bits per heavy atom. The monoisotopic (exact) mass is 437 g/mol. The van der Waals surface area contributed by atoms with Crippen LogP contribution in [0.2, 0.25) is 9.36 Å². The summed E-state index contributed by atoms with van der Waals surface area (Å²) in [5, 5.41) is 13.1. The number of halogens is 2. The summed E-state index contributed by atoms with van der Waals surface area (Å²) in [5.74, 6) is -0.961. The number of carbonyl (C=O) groups excluding carboxylic acids is 1. The van der Waals surface area contributed by atoms with Gasteiger partial charge >= 0.3 is 5.97 Å². The zero-order valence-electron chi connectivity index (χ0n) is 15.1. The molecule has 4 rings (SSSR count). The van der Waals surface area contributed by atoms with Gasteiger partial charge in [0, 0.05) is 33.7 Å². The summed E-state index contributed by atoms with van der Waals surface area (Å²) >= 11 is 14.0. The van der Waals surface area contributed by atoms with E-state index in [1.807, 2.05) is 30.3 Å².